The van der Waals surface area contributed by atoms with E-state index in [0.29, 0.717) is 32.0 Å². The van der Waals surface area contributed by atoms with E-state index in [2.05, 4.69) is 0 Å². The van der Waals surface area contributed by atoms with Crippen LogP contribution in [0.1, 0.15) is 43.7 Å². The molecule has 1 N–H and O–H groups in total. The van der Waals surface area contributed by atoms with E-state index >= 15 is 0 Å². The zero-order chi connectivity index (χ0) is 20.0. The molecule has 4 nitrogen and oxygen atoms in total. The van der Waals surface area contributed by atoms with Crippen molar-refractivity contribution in [3.63, 3.8) is 0 Å². The zero-order valence-electron chi connectivity index (χ0n) is 16.3. The van der Waals surface area contributed by atoms with Crippen LogP contribution in [0.25, 0.3) is 0 Å². The van der Waals surface area contributed by atoms with Crippen LogP contribution in [-0.4, -0.2) is 29.2 Å². The number of halogens is 1. The fraction of sp³-hybridized carbons (Fsp3) is 0.435. The van der Waals surface area contributed by atoms with Gasteiger partial charge in [-0.05, 0) is 61.8 Å². The van der Waals surface area contributed by atoms with Crippen LogP contribution in [0.3, 0.4) is 0 Å². The van der Waals surface area contributed by atoms with Gasteiger partial charge in [0.25, 0.3) is 0 Å². The first-order valence-corrected chi connectivity index (χ1v) is 9.88. The largest absolute Gasteiger partial charge is 0.445 e. The van der Waals surface area contributed by atoms with Gasteiger partial charge in [0.1, 0.15) is 12.4 Å². The molecule has 28 heavy (non-hydrogen) atoms. The number of amides is 1. The van der Waals surface area contributed by atoms with E-state index in [9.17, 15) is 14.3 Å². The molecule has 1 saturated heterocycles. The summed E-state index contributed by atoms with van der Waals surface area (Å²) in [5.74, 6) is 0.163. The van der Waals surface area contributed by atoms with E-state index in [1.807, 2.05) is 30.3 Å². The van der Waals surface area contributed by atoms with Crippen LogP contribution >= 0.6 is 0 Å². The first-order chi connectivity index (χ1) is 13.4. The SMILES string of the molecule is CC(O)(CCC1CCN(C(=O)OCc2ccccc2)CC1)c1ccc(F)cc1. The summed E-state index contributed by atoms with van der Waals surface area (Å²) >= 11 is 0. The molecule has 0 spiro atoms. The first kappa shape index (κ1) is 20.3. The van der Waals surface area contributed by atoms with Crippen LogP contribution in [-0.2, 0) is 16.9 Å². The van der Waals surface area contributed by atoms with Crippen molar-refractivity contribution < 1.29 is 19.0 Å². The molecule has 2 aromatic carbocycles. The van der Waals surface area contributed by atoms with Crippen molar-refractivity contribution in [1.29, 1.82) is 0 Å². The number of benzene rings is 2. The number of hydrogen-bond acceptors (Lipinski definition) is 3. The maximum absolute atomic E-state index is 13.1. The Morgan fingerprint density at radius 1 is 1.14 bits per heavy atom. The van der Waals surface area contributed by atoms with Crippen molar-refractivity contribution in [2.45, 2.75) is 44.8 Å². The molecule has 0 radical (unpaired) electrons. The zero-order valence-corrected chi connectivity index (χ0v) is 16.3. The van der Waals surface area contributed by atoms with Gasteiger partial charge in [0, 0.05) is 13.1 Å². The monoisotopic (exact) mass is 385 g/mol. The maximum atomic E-state index is 13.1. The Labute approximate surface area is 165 Å². The molecule has 1 aliphatic heterocycles. The Bertz CT molecular complexity index is 753. The van der Waals surface area contributed by atoms with Gasteiger partial charge < -0.3 is 14.7 Å². The molecule has 1 atom stereocenters. The van der Waals surface area contributed by atoms with E-state index in [1.165, 1.54) is 12.1 Å². The van der Waals surface area contributed by atoms with Crippen LogP contribution in [0.15, 0.2) is 54.6 Å². The number of hydrogen-bond donors (Lipinski definition) is 1. The maximum Gasteiger partial charge on any atom is 0.410 e. The fourth-order valence-electron chi connectivity index (χ4n) is 3.65. The molecule has 0 bridgehead atoms. The van der Waals surface area contributed by atoms with Crippen molar-refractivity contribution in [3.8, 4) is 0 Å². The van der Waals surface area contributed by atoms with Crippen LogP contribution in [0, 0.1) is 11.7 Å². The second kappa shape index (κ2) is 9.20. The van der Waals surface area contributed by atoms with Gasteiger partial charge in [-0.3, -0.25) is 0 Å². The van der Waals surface area contributed by atoms with E-state index in [1.54, 1.807) is 24.0 Å². The number of carbonyl (C=O) groups excluding carboxylic acids is 1. The molecule has 3 rings (SSSR count). The lowest BCUT2D eigenvalue weighted by Gasteiger charge is -2.33. The highest BCUT2D eigenvalue weighted by Gasteiger charge is 2.28. The molecular weight excluding hydrogens is 357 g/mol. The van der Waals surface area contributed by atoms with Gasteiger partial charge in [0.2, 0.25) is 0 Å². The molecule has 1 amide bonds. The van der Waals surface area contributed by atoms with Crippen molar-refractivity contribution in [3.05, 3.63) is 71.5 Å². The van der Waals surface area contributed by atoms with Crippen molar-refractivity contribution in [2.75, 3.05) is 13.1 Å². The van der Waals surface area contributed by atoms with Crippen LogP contribution in [0.2, 0.25) is 0 Å². The number of carbonyl (C=O) groups is 1. The summed E-state index contributed by atoms with van der Waals surface area (Å²) in [6, 6.07) is 15.7. The van der Waals surface area contributed by atoms with Gasteiger partial charge in [-0.15, -0.1) is 0 Å². The molecule has 0 aromatic heterocycles. The van der Waals surface area contributed by atoms with Crippen LogP contribution in [0.5, 0.6) is 0 Å². The summed E-state index contributed by atoms with van der Waals surface area (Å²) in [5, 5.41) is 10.7. The van der Waals surface area contributed by atoms with Gasteiger partial charge in [0.05, 0.1) is 5.60 Å². The summed E-state index contributed by atoms with van der Waals surface area (Å²) < 4.78 is 18.5. The van der Waals surface area contributed by atoms with Crippen molar-refractivity contribution >= 4 is 6.09 Å². The van der Waals surface area contributed by atoms with E-state index < -0.39 is 5.60 Å². The summed E-state index contributed by atoms with van der Waals surface area (Å²) in [4.78, 5) is 14.0. The third-order valence-electron chi connectivity index (χ3n) is 5.58. The normalized spacial score (nSPS) is 17.2. The predicted octanol–water partition coefficient (Wildman–Crippen LogP) is 4.86. The second-order valence-corrected chi connectivity index (χ2v) is 7.79. The minimum absolute atomic E-state index is 0.263. The fourth-order valence-corrected chi connectivity index (χ4v) is 3.65. The Kier molecular flexibility index (Phi) is 6.68. The highest BCUT2D eigenvalue weighted by Crippen LogP contribution is 2.31. The number of piperidine rings is 1. The van der Waals surface area contributed by atoms with E-state index in [4.69, 9.17) is 4.74 Å². The lowest BCUT2D eigenvalue weighted by atomic mass is 9.84. The summed E-state index contributed by atoms with van der Waals surface area (Å²) in [6.45, 7) is 3.42. The topological polar surface area (TPSA) is 49.8 Å². The van der Waals surface area contributed by atoms with Gasteiger partial charge in [-0.25, -0.2) is 9.18 Å². The number of nitrogens with zero attached hydrogens (tertiary/aromatic N) is 1. The molecule has 1 fully saturated rings. The molecular formula is C23H28FNO3. The molecule has 1 aliphatic rings. The molecule has 1 heterocycles. The lowest BCUT2D eigenvalue weighted by molar-refractivity contribution is 0.0346. The number of likely N-dealkylation sites (tertiary alicyclic amines) is 1. The van der Waals surface area contributed by atoms with Gasteiger partial charge in [0.15, 0.2) is 0 Å². The number of rotatable bonds is 6. The standard InChI is InChI=1S/C23H28FNO3/c1-23(27,20-7-9-21(24)10-8-20)14-11-18-12-15-25(16-13-18)22(26)28-17-19-5-3-2-4-6-19/h2-10,18,27H,11-17H2,1H3. The van der Waals surface area contributed by atoms with E-state index in [-0.39, 0.29) is 11.9 Å². The molecule has 1 unspecified atom stereocenters. The highest BCUT2D eigenvalue weighted by atomic mass is 19.1. The quantitative estimate of drug-likeness (QED) is 0.772. The Morgan fingerprint density at radius 3 is 2.43 bits per heavy atom. The predicted molar refractivity (Wildman–Crippen MR) is 106 cm³/mol. The smallest absolute Gasteiger partial charge is 0.410 e. The Morgan fingerprint density at radius 2 is 1.79 bits per heavy atom. The molecule has 150 valence electrons. The highest BCUT2D eigenvalue weighted by molar-refractivity contribution is 5.67. The Balaban J connectivity index is 1.41. The van der Waals surface area contributed by atoms with Gasteiger partial charge in [-0.1, -0.05) is 42.5 Å². The average molecular weight is 385 g/mol. The third-order valence-corrected chi connectivity index (χ3v) is 5.58. The minimum Gasteiger partial charge on any atom is -0.445 e. The van der Waals surface area contributed by atoms with Crippen molar-refractivity contribution in [2.24, 2.45) is 5.92 Å². The molecule has 0 aliphatic carbocycles. The number of ether oxygens (including phenoxy) is 1. The Hall–Kier alpha value is -2.40. The molecule has 0 saturated carbocycles. The molecule has 2 aromatic rings. The van der Waals surface area contributed by atoms with Crippen LogP contribution < -0.4 is 0 Å². The third kappa shape index (κ3) is 5.55. The van der Waals surface area contributed by atoms with Crippen LogP contribution in [0.4, 0.5) is 9.18 Å². The summed E-state index contributed by atoms with van der Waals surface area (Å²) in [5.41, 5.74) is 0.740. The van der Waals surface area contributed by atoms with Gasteiger partial charge >= 0.3 is 6.09 Å². The first-order valence-electron chi connectivity index (χ1n) is 9.88. The van der Waals surface area contributed by atoms with Gasteiger partial charge in [-0.2, -0.15) is 0 Å². The van der Waals surface area contributed by atoms with E-state index in [0.717, 1.165) is 30.4 Å². The summed E-state index contributed by atoms with van der Waals surface area (Å²) in [6.07, 6.45) is 3.03. The summed E-state index contributed by atoms with van der Waals surface area (Å²) in [7, 11) is 0. The lowest BCUT2D eigenvalue weighted by Crippen LogP contribution is -2.39. The second-order valence-electron chi connectivity index (χ2n) is 7.79. The molecule has 5 heteroatoms. The minimum atomic E-state index is -0.973. The van der Waals surface area contributed by atoms with Crippen molar-refractivity contribution in [1.82, 2.24) is 4.90 Å². The number of aliphatic hydroxyl groups is 1. The average Bonchev–Trinajstić information content (AvgIpc) is 2.72.